The van der Waals surface area contributed by atoms with Crippen LogP contribution >= 0.6 is 0 Å². The fourth-order valence-corrected chi connectivity index (χ4v) is 1.36. The van der Waals surface area contributed by atoms with Crippen molar-refractivity contribution in [2.45, 2.75) is 39.3 Å². The van der Waals surface area contributed by atoms with E-state index < -0.39 is 0 Å². The summed E-state index contributed by atoms with van der Waals surface area (Å²) in [6, 6.07) is 1.01. The zero-order valence-electron chi connectivity index (χ0n) is 8.13. The van der Waals surface area contributed by atoms with E-state index in [-0.39, 0.29) is 5.91 Å². The van der Waals surface area contributed by atoms with Crippen LogP contribution in [0.4, 0.5) is 0 Å². The molecule has 0 aromatic rings. The summed E-state index contributed by atoms with van der Waals surface area (Å²) in [6.07, 6.45) is 0.595. The predicted octanol–water partition coefficient (Wildman–Crippen LogP) is 0.605. The number of rotatable bonds is 3. The lowest BCUT2D eigenvalue weighted by atomic mass is 10.1. The first kappa shape index (κ1) is 9.52. The average Bonchev–Trinajstić information content (AvgIpc) is 1.94. The Hall–Kier alpha value is -0.570. The Balaban J connectivity index is 2.13. The largest absolute Gasteiger partial charge is 0.351 e. The maximum absolute atomic E-state index is 11.0. The van der Waals surface area contributed by atoms with Gasteiger partial charge in [0, 0.05) is 25.6 Å². The first-order valence-corrected chi connectivity index (χ1v) is 4.67. The van der Waals surface area contributed by atoms with Crippen molar-refractivity contribution in [2.75, 3.05) is 13.1 Å². The first-order valence-electron chi connectivity index (χ1n) is 4.67. The summed E-state index contributed by atoms with van der Waals surface area (Å²) >= 11 is 0. The molecule has 1 rings (SSSR count). The second-order valence-electron chi connectivity index (χ2n) is 3.67. The molecule has 0 aromatic carbocycles. The lowest BCUT2D eigenvalue weighted by molar-refractivity contribution is -0.122. The van der Waals surface area contributed by atoms with Gasteiger partial charge in [-0.05, 0) is 13.8 Å². The van der Waals surface area contributed by atoms with Gasteiger partial charge < -0.3 is 5.32 Å². The van der Waals surface area contributed by atoms with E-state index in [0.717, 1.165) is 13.1 Å². The third-order valence-electron chi connectivity index (χ3n) is 2.33. The Kier molecular flexibility index (Phi) is 3.09. The fraction of sp³-hybridized carbons (Fsp3) is 0.889. The zero-order valence-corrected chi connectivity index (χ0v) is 8.13. The van der Waals surface area contributed by atoms with Crippen molar-refractivity contribution in [2.24, 2.45) is 0 Å². The molecule has 0 aliphatic carbocycles. The van der Waals surface area contributed by atoms with E-state index in [2.05, 4.69) is 24.1 Å². The first-order chi connectivity index (χ1) is 5.63. The van der Waals surface area contributed by atoms with Crippen LogP contribution in [0.25, 0.3) is 0 Å². The number of nitrogens with one attached hydrogen (secondary N) is 1. The number of amides is 1. The van der Waals surface area contributed by atoms with E-state index in [1.807, 2.05) is 6.92 Å². The maximum Gasteiger partial charge on any atom is 0.220 e. The molecule has 0 unspecified atom stereocenters. The van der Waals surface area contributed by atoms with Crippen molar-refractivity contribution in [1.29, 1.82) is 0 Å². The van der Waals surface area contributed by atoms with E-state index in [4.69, 9.17) is 0 Å². The summed E-state index contributed by atoms with van der Waals surface area (Å²) < 4.78 is 0. The molecule has 0 spiro atoms. The standard InChI is InChI=1S/C9H18N2O/c1-4-9(12)10-8-5-11(6-8)7(2)3/h7-8H,4-6H2,1-3H3,(H,10,12). The van der Waals surface area contributed by atoms with Gasteiger partial charge >= 0.3 is 0 Å². The molecule has 1 amide bonds. The van der Waals surface area contributed by atoms with Crippen LogP contribution in [0.1, 0.15) is 27.2 Å². The molecular weight excluding hydrogens is 152 g/mol. The van der Waals surface area contributed by atoms with Gasteiger partial charge in [0.1, 0.15) is 0 Å². The Bertz CT molecular complexity index is 162. The Morgan fingerprint density at radius 1 is 1.58 bits per heavy atom. The molecule has 1 aliphatic rings. The summed E-state index contributed by atoms with van der Waals surface area (Å²) in [5.74, 6) is 0.170. The third kappa shape index (κ3) is 2.21. The normalized spacial score (nSPS) is 19.3. The van der Waals surface area contributed by atoms with Crippen molar-refractivity contribution in [3.63, 3.8) is 0 Å². The van der Waals surface area contributed by atoms with Gasteiger partial charge in [-0.2, -0.15) is 0 Å². The number of hydrogen-bond acceptors (Lipinski definition) is 2. The highest BCUT2D eigenvalue weighted by molar-refractivity contribution is 5.76. The highest BCUT2D eigenvalue weighted by Gasteiger charge is 2.28. The number of nitrogens with zero attached hydrogens (tertiary/aromatic N) is 1. The fourth-order valence-electron chi connectivity index (χ4n) is 1.36. The van der Waals surface area contributed by atoms with Crippen LogP contribution in [0, 0.1) is 0 Å². The van der Waals surface area contributed by atoms with Gasteiger partial charge in [0.15, 0.2) is 0 Å². The molecule has 0 atom stereocenters. The van der Waals surface area contributed by atoms with Crippen molar-refractivity contribution >= 4 is 5.91 Å². The zero-order chi connectivity index (χ0) is 9.14. The Morgan fingerprint density at radius 3 is 2.58 bits per heavy atom. The monoisotopic (exact) mass is 170 g/mol. The van der Waals surface area contributed by atoms with Gasteiger partial charge in [-0.15, -0.1) is 0 Å². The highest BCUT2D eigenvalue weighted by atomic mass is 16.1. The number of carbonyl (C=O) groups is 1. The molecular formula is C9H18N2O. The van der Waals surface area contributed by atoms with Gasteiger partial charge in [-0.25, -0.2) is 0 Å². The molecule has 0 aromatic heterocycles. The molecule has 1 N–H and O–H groups in total. The van der Waals surface area contributed by atoms with Crippen LogP contribution in [0.15, 0.2) is 0 Å². The molecule has 12 heavy (non-hydrogen) atoms. The molecule has 1 aliphatic heterocycles. The van der Waals surface area contributed by atoms with Crippen LogP contribution < -0.4 is 5.32 Å². The van der Waals surface area contributed by atoms with Crippen LogP contribution in [0.5, 0.6) is 0 Å². The van der Waals surface area contributed by atoms with Gasteiger partial charge in [0.2, 0.25) is 5.91 Å². The molecule has 0 bridgehead atoms. The summed E-state index contributed by atoms with van der Waals surface area (Å²) in [5.41, 5.74) is 0. The minimum absolute atomic E-state index is 0.170. The van der Waals surface area contributed by atoms with Gasteiger partial charge in [0.05, 0.1) is 6.04 Å². The Labute approximate surface area is 74.1 Å². The van der Waals surface area contributed by atoms with E-state index in [1.165, 1.54) is 0 Å². The molecule has 1 fully saturated rings. The topological polar surface area (TPSA) is 32.3 Å². The molecule has 0 radical (unpaired) electrons. The van der Waals surface area contributed by atoms with Gasteiger partial charge in [0.25, 0.3) is 0 Å². The minimum Gasteiger partial charge on any atom is -0.351 e. The van der Waals surface area contributed by atoms with Crippen LogP contribution in [-0.4, -0.2) is 36.0 Å². The van der Waals surface area contributed by atoms with E-state index in [9.17, 15) is 4.79 Å². The summed E-state index contributed by atoms with van der Waals surface area (Å²) in [5, 5.41) is 2.97. The molecule has 70 valence electrons. The van der Waals surface area contributed by atoms with Gasteiger partial charge in [-0.1, -0.05) is 6.92 Å². The van der Waals surface area contributed by atoms with E-state index in [0.29, 0.717) is 18.5 Å². The van der Waals surface area contributed by atoms with Crippen molar-refractivity contribution in [3.05, 3.63) is 0 Å². The smallest absolute Gasteiger partial charge is 0.220 e. The maximum atomic E-state index is 11.0. The van der Waals surface area contributed by atoms with E-state index in [1.54, 1.807) is 0 Å². The molecule has 1 saturated heterocycles. The average molecular weight is 170 g/mol. The number of hydrogen-bond donors (Lipinski definition) is 1. The lowest BCUT2D eigenvalue weighted by Crippen LogP contribution is -2.61. The molecule has 3 nitrogen and oxygen atoms in total. The second kappa shape index (κ2) is 3.90. The van der Waals surface area contributed by atoms with Crippen molar-refractivity contribution in [3.8, 4) is 0 Å². The number of carbonyl (C=O) groups excluding carboxylic acids is 1. The molecule has 1 heterocycles. The Morgan fingerprint density at radius 2 is 2.17 bits per heavy atom. The molecule has 0 saturated carbocycles. The van der Waals surface area contributed by atoms with Crippen LogP contribution in [-0.2, 0) is 4.79 Å². The van der Waals surface area contributed by atoms with Gasteiger partial charge in [-0.3, -0.25) is 9.69 Å². The second-order valence-corrected chi connectivity index (χ2v) is 3.67. The SMILES string of the molecule is CCC(=O)NC1CN(C(C)C)C1. The van der Waals surface area contributed by atoms with Crippen LogP contribution in [0.3, 0.4) is 0 Å². The van der Waals surface area contributed by atoms with E-state index >= 15 is 0 Å². The van der Waals surface area contributed by atoms with Crippen LogP contribution in [0.2, 0.25) is 0 Å². The van der Waals surface area contributed by atoms with Crippen molar-refractivity contribution < 1.29 is 4.79 Å². The summed E-state index contributed by atoms with van der Waals surface area (Å²) in [6.45, 7) is 8.27. The lowest BCUT2D eigenvalue weighted by Gasteiger charge is -2.42. The highest BCUT2D eigenvalue weighted by Crippen LogP contribution is 2.11. The summed E-state index contributed by atoms with van der Waals surface area (Å²) in [7, 11) is 0. The quantitative estimate of drug-likeness (QED) is 0.673. The minimum atomic E-state index is 0.170. The third-order valence-corrected chi connectivity index (χ3v) is 2.33. The molecule has 3 heteroatoms. The van der Waals surface area contributed by atoms with Crippen molar-refractivity contribution in [1.82, 2.24) is 10.2 Å². The number of likely N-dealkylation sites (tertiary alicyclic amines) is 1. The summed E-state index contributed by atoms with van der Waals surface area (Å²) in [4.78, 5) is 13.3. The predicted molar refractivity (Wildman–Crippen MR) is 48.9 cm³/mol.